The molecule has 0 aliphatic rings. The van der Waals surface area contributed by atoms with E-state index in [1.165, 1.54) is 6.42 Å². The van der Waals surface area contributed by atoms with Crippen LogP contribution < -0.4 is 0 Å². The van der Waals surface area contributed by atoms with Gasteiger partial charge in [0.15, 0.2) is 11.6 Å². The molecule has 2 heterocycles. The van der Waals surface area contributed by atoms with Crippen molar-refractivity contribution in [2.24, 2.45) is 0 Å². The third-order valence-electron chi connectivity index (χ3n) is 2.53. The van der Waals surface area contributed by atoms with Crippen LogP contribution in [-0.2, 0) is 6.54 Å². The second-order valence-electron chi connectivity index (χ2n) is 3.64. The van der Waals surface area contributed by atoms with Crippen LogP contribution in [0.1, 0.15) is 19.8 Å². The molecule has 0 radical (unpaired) electrons. The zero-order chi connectivity index (χ0) is 11.4. The van der Waals surface area contributed by atoms with Gasteiger partial charge in [-0.1, -0.05) is 19.9 Å². The smallest absolute Gasteiger partial charge is 0.180 e. The Morgan fingerprint density at radius 2 is 2.00 bits per heavy atom. The molecule has 0 amide bonds. The molecule has 0 fully saturated rings. The molecule has 84 valence electrons. The van der Waals surface area contributed by atoms with Gasteiger partial charge in [-0.2, -0.15) is 0 Å². The SMILES string of the molecule is C=Cn1ccnc1-c1nccn1CCCC. The van der Waals surface area contributed by atoms with Crippen molar-refractivity contribution in [3.8, 4) is 11.6 Å². The predicted molar refractivity (Wildman–Crippen MR) is 64.7 cm³/mol. The van der Waals surface area contributed by atoms with Crippen LogP contribution in [0.4, 0.5) is 0 Å². The molecule has 0 atom stereocenters. The van der Waals surface area contributed by atoms with Crippen molar-refractivity contribution < 1.29 is 0 Å². The largest absolute Gasteiger partial charge is 0.328 e. The maximum atomic E-state index is 4.35. The van der Waals surface area contributed by atoms with Gasteiger partial charge in [-0.3, -0.25) is 0 Å². The van der Waals surface area contributed by atoms with E-state index in [2.05, 4.69) is 28.0 Å². The van der Waals surface area contributed by atoms with Crippen LogP contribution in [0.25, 0.3) is 17.8 Å². The van der Waals surface area contributed by atoms with Crippen molar-refractivity contribution >= 4 is 6.20 Å². The summed E-state index contributed by atoms with van der Waals surface area (Å²) < 4.78 is 4.01. The van der Waals surface area contributed by atoms with Gasteiger partial charge >= 0.3 is 0 Å². The number of aryl methyl sites for hydroxylation is 1. The summed E-state index contributed by atoms with van der Waals surface area (Å²) in [4.78, 5) is 8.66. The van der Waals surface area contributed by atoms with E-state index in [1.54, 1.807) is 12.4 Å². The van der Waals surface area contributed by atoms with Gasteiger partial charge in [0.05, 0.1) is 0 Å². The topological polar surface area (TPSA) is 35.6 Å². The molecule has 4 nitrogen and oxygen atoms in total. The summed E-state index contributed by atoms with van der Waals surface area (Å²) >= 11 is 0. The molecule has 0 spiro atoms. The number of nitrogens with zero attached hydrogens (tertiary/aromatic N) is 4. The Kier molecular flexibility index (Phi) is 3.19. The monoisotopic (exact) mass is 216 g/mol. The lowest BCUT2D eigenvalue weighted by Crippen LogP contribution is -2.02. The summed E-state index contributed by atoms with van der Waals surface area (Å²) in [5.41, 5.74) is 0. The minimum atomic E-state index is 0.844. The van der Waals surface area contributed by atoms with Crippen LogP contribution >= 0.6 is 0 Å². The lowest BCUT2D eigenvalue weighted by Gasteiger charge is -2.06. The maximum absolute atomic E-state index is 4.35. The number of hydrogen-bond donors (Lipinski definition) is 0. The first-order chi connectivity index (χ1) is 7.86. The van der Waals surface area contributed by atoms with Gasteiger partial charge in [0.1, 0.15) is 0 Å². The Hall–Kier alpha value is -1.84. The fourth-order valence-electron chi connectivity index (χ4n) is 1.66. The van der Waals surface area contributed by atoms with Crippen LogP contribution in [0.5, 0.6) is 0 Å². The molecule has 0 aromatic carbocycles. The molecule has 0 aliphatic heterocycles. The molecule has 2 rings (SSSR count). The Bertz CT molecular complexity index is 467. The minimum absolute atomic E-state index is 0.844. The number of aromatic nitrogens is 4. The lowest BCUT2D eigenvalue weighted by molar-refractivity contribution is 0.634. The van der Waals surface area contributed by atoms with Gasteiger partial charge < -0.3 is 9.13 Å². The highest BCUT2D eigenvalue weighted by molar-refractivity contribution is 5.49. The van der Waals surface area contributed by atoms with E-state index < -0.39 is 0 Å². The van der Waals surface area contributed by atoms with Crippen LogP contribution in [0.2, 0.25) is 0 Å². The van der Waals surface area contributed by atoms with E-state index in [0.29, 0.717) is 0 Å². The molecular weight excluding hydrogens is 200 g/mol. The average Bonchev–Trinajstić information content (AvgIpc) is 2.93. The van der Waals surface area contributed by atoms with Crippen molar-refractivity contribution in [1.82, 2.24) is 19.1 Å². The Morgan fingerprint density at radius 1 is 1.25 bits per heavy atom. The molecule has 0 N–H and O–H groups in total. The summed E-state index contributed by atoms with van der Waals surface area (Å²) in [6, 6.07) is 0. The normalized spacial score (nSPS) is 10.6. The van der Waals surface area contributed by atoms with E-state index >= 15 is 0 Å². The van der Waals surface area contributed by atoms with Gasteiger partial charge in [0.2, 0.25) is 0 Å². The van der Waals surface area contributed by atoms with Gasteiger partial charge in [-0.25, -0.2) is 9.97 Å². The third kappa shape index (κ3) is 1.91. The molecule has 0 bridgehead atoms. The van der Waals surface area contributed by atoms with Crippen molar-refractivity contribution in [3.63, 3.8) is 0 Å². The fraction of sp³-hybridized carbons (Fsp3) is 0.333. The van der Waals surface area contributed by atoms with E-state index in [4.69, 9.17) is 0 Å². The minimum Gasteiger partial charge on any atom is -0.328 e. The fourth-order valence-corrected chi connectivity index (χ4v) is 1.66. The third-order valence-corrected chi connectivity index (χ3v) is 2.53. The Balaban J connectivity index is 2.33. The first-order valence-electron chi connectivity index (χ1n) is 5.53. The summed E-state index contributed by atoms with van der Waals surface area (Å²) in [6.45, 7) is 6.92. The summed E-state index contributed by atoms with van der Waals surface area (Å²) in [5.74, 6) is 1.74. The van der Waals surface area contributed by atoms with E-state index in [-0.39, 0.29) is 0 Å². The lowest BCUT2D eigenvalue weighted by atomic mass is 10.3. The maximum Gasteiger partial charge on any atom is 0.180 e. The molecule has 0 saturated carbocycles. The van der Waals surface area contributed by atoms with Crippen LogP contribution in [0.3, 0.4) is 0 Å². The van der Waals surface area contributed by atoms with Crippen LogP contribution in [-0.4, -0.2) is 19.1 Å². The molecule has 0 aliphatic carbocycles. The van der Waals surface area contributed by atoms with Gasteiger partial charge in [-0.15, -0.1) is 0 Å². The van der Waals surface area contributed by atoms with E-state index in [0.717, 1.165) is 24.6 Å². The second-order valence-corrected chi connectivity index (χ2v) is 3.64. The molecule has 4 heteroatoms. The van der Waals surface area contributed by atoms with Crippen LogP contribution in [0, 0.1) is 0 Å². The van der Waals surface area contributed by atoms with Gasteiger partial charge in [-0.05, 0) is 6.42 Å². The molecule has 2 aromatic heterocycles. The molecule has 2 aromatic rings. The molecule has 16 heavy (non-hydrogen) atoms. The van der Waals surface area contributed by atoms with E-state index in [9.17, 15) is 0 Å². The summed E-state index contributed by atoms with van der Waals surface area (Å²) in [5, 5.41) is 0. The number of hydrogen-bond acceptors (Lipinski definition) is 2. The Labute approximate surface area is 95.3 Å². The quantitative estimate of drug-likeness (QED) is 0.770. The van der Waals surface area contributed by atoms with Gasteiger partial charge in [0, 0.05) is 37.5 Å². The first-order valence-corrected chi connectivity index (χ1v) is 5.53. The summed E-state index contributed by atoms with van der Waals surface area (Å²) in [7, 11) is 0. The predicted octanol–water partition coefficient (Wildman–Crippen LogP) is 2.65. The molecular formula is C12H16N4. The highest BCUT2D eigenvalue weighted by Gasteiger charge is 2.10. The molecule has 0 saturated heterocycles. The van der Waals surface area contributed by atoms with Gasteiger partial charge in [0.25, 0.3) is 0 Å². The number of unbranched alkanes of at least 4 members (excludes halogenated alkanes) is 1. The van der Waals surface area contributed by atoms with E-state index in [1.807, 2.05) is 23.2 Å². The van der Waals surface area contributed by atoms with Crippen LogP contribution in [0.15, 0.2) is 31.4 Å². The van der Waals surface area contributed by atoms with Crippen molar-refractivity contribution in [2.75, 3.05) is 0 Å². The number of imidazole rings is 2. The molecule has 0 unspecified atom stereocenters. The highest BCUT2D eigenvalue weighted by atomic mass is 15.1. The van der Waals surface area contributed by atoms with Crippen molar-refractivity contribution in [2.45, 2.75) is 26.3 Å². The number of rotatable bonds is 5. The Morgan fingerprint density at radius 3 is 2.75 bits per heavy atom. The standard InChI is InChI=1S/C12H16N4/c1-3-5-8-16-10-7-14-12(16)11-13-6-9-15(11)4-2/h4,6-7,9-10H,2-3,5,8H2,1H3. The highest BCUT2D eigenvalue weighted by Crippen LogP contribution is 2.16. The van der Waals surface area contributed by atoms with Crippen molar-refractivity contribution in [1.29, 1.82) is 0 Å². The zero-order valence-corrected chi connectivity index (χ0v) is 9.50. The average molecular weight is 216 g/mol. The van der Waals surface area contributed by atoms with Crippen molar-refractivity contribution in [3.05, 3.63) is 31.4 Å². The first kappa shape index (κ1) is 10.7. The summed E-state index contributed by atoms with van der Waals surface area (Å²) in [6.07, 6.45) is 11.5. The zero-order valence-electron chi connectivity index (χ0n) is 9.50. The second kappa shape index (κ2) is 4.79.